The van der Waals surface area contributed by atoms with Gasteiger partial charge in [0.1, 0.15) is 16.9 Å². The van der Waals surface area contributed by atoms with Gasteiger partial charge in [0.05, 0.1) is 0 Å². The molecule has 3 nitrogen and oxygen atoms in total. The van der Waals surface area contributed by atoms with Crippen LogP contribution in [0.25, 0.3) is 33.3 Å². The second kappa shape index (κ2) is 5.00. The molecule has 2 aromatic heterocycles. The van der Waals surface area contributed by atoms with E-state index in [0.29, 0.717) is 21.9 Å². The number of halogens is 2. The second-order valence-electron chi connectivity index (χ2n) is 4.91. The zero-order valence-electron chi connectivity index (χ0n) is 11.1. The van der Waals surface area contributed by atoms with E-state index in [1.165, 1.54) is 6.07 Å². The minimum absolute atomic E-state index is 0.425. The molecule has 0 aliphatic heterocycles. The summed E-state index contributed by atoms with van der Waals surface area (Å²) >= 11 is 9.50. The van der Waals surface area contributed by atoms with E-state index in [-0.39, 0.29) is 0 Å². The maximum absolute atomic E-state index is 11.8. The summed E-state index contributed by atoms with van der Waals surface area (Å²) in [6, 6.07) is 14.2. The number of rotatable bonds is 1. The normalized spacial score (nSPS) is 11.4. The quantitative estimate of drug-likeness (QED) is 0.405. The van der Waals surface area contributed by atoms with Gasteiger partial charge in [-0.3, -0.25) is 0 Å². The highest BCUT2D eigenvalue weighted by Crippen LogP contribution is 2.34. The third-order valence-electron chi connectivity index (χ3n) is 3.45. The summed E-state index contributed by atoms with van der Waals surface area (Å²) in [6.45, 7) is 0. The number of fused-ring (bicyclic) bond motifs is 2. The SMILES string of the molecule is O=c1cc(-c2cc3cc(Br)ccc3o2)c2cc(Cl)ccc2o1. The molecule has 0 spiro atoms. The molecule has 0 aliphatic rings. The highest BCUT2D eigenvalue weighted by Gasteiger charge is 2.13. The molecule has 22 heavy (non-hydrogen) atoms. The largest absolute Gasteiger partial charge is 0.456 e. The topological polar surface area (TPSA) is 43.4 Å². The molecule has 0 saturated carbocycles. The van der Waals surface area contributed by atoms with Gasteiger partial charge >= 0.3 is 5.63 Å². The van der Waals surface area contributed by atoms with Crippen LogP contribution in [-0.4, -0.2) is 0 Å². The third-order valence-corrected chi connectivity index (χ3v) is 4.18. The molecule has 4 aromatic rings. The minimum Gasteiger partial charge on any atom is -0.456 e. The van der Waals surface area contributed by atoms with Gasteiger partial charge < -0.3 is 8.83 Å². The van der Waals surface area contributed by atoms with E-state index in [2.05, 4.69) is 15.9 Å². The van der Waals surface area contributed by atoms with Crippen LogP contribution in [0.15, 0.2) is 66.6 Å². The highest BCUT2D eigenvalue weighted by molar-refractivity contribution is 9.10. The summed E-state index contributed by atoms with van der Waals surface area (Å²) in [5.74, 6) is 0.605. The standard InChI is InChI=1S/C17H8BrClO3/c18-10-1-3-14-9(5-10)6-16(21-14)13-8-17(20)22-15-4-2-11(19)7-12(13)15/h1-8H. The van der Waals surface area contributed by atoms with Gasteiger partial charge in [0.25, 0.3) is 0 Å². The Hall–Kier alpha value is -2.04. The Balaban J connectivity index is 2.06. The molecule has 5 heteroatoms. The van der Waals surface area contributed by atoms with Gasteiger partial charge in [0, 0.05) is 31.9 Å². The van der Waals surface area contributed by atoms with Crippen LogP contribution in [0.5, 0.6) is 0 Å². The summed E-state index contributed by atoms with van der Waals surface area (Å²) in [5.41, 5.74) is 1.47. The van der Waals surface area contributed by atoms with Crippen molar-refractivity contribution in [1.29, 1.82) is 0 Å². The molecule has 0 amide bonds. The van der Waals surface area contributed by atoms with Gasteiger partial charge in [0.2, 0.25) is 0 Å². The molecule has 0 N–H and O–H groups in total. The van der Waals surface area contributed by atoms with Gasteiger partial charge in [-0.2, -0.15) is 0 Å². The zero-order valence-corrected chi connectivity index (χ0v) is 13.4. The minimum atomic E-state index is -0.425. The number of hydrogen-bond acceptors (Lipinski definition) is 3. The average molecular weight is 376 g/mol. The third kappa shape index (κ3) is 2.25. The first-order valence-corrected chi connectivity index (χ1v) is 7.70. The van der Waals surface area contributed by atoms with E-state index < -0.39 is 5.63 Å². The molecule has 0 radical (unpaired) electrons. The summed E-state index contributed by atoms with van der Waals surface area (Å²) in [4.78, 5) is 11.8. The molecule has 2 heterocycles. The van der Waals surface area contributed by atoms with E-state index in [1.54, 1.807) is 18.2 Å². The predicted molar refractivity (Wildman–Crippen MR) is 90.4 cm³/mol. The van der Waals surface area contributed by atoms with Crippen molar-refractivity contribution in [2.24, 2.45) is 0 Å². The Morgan fingerprint density at radius 2 is 1.73 bits per heavy atom. The average Bonchev–Trinajstić information content (AvgIpc) is 2.89. The molecular formula is C17H8BrClO3. The van der Waals surface area contributed by atoms with Gasteiger partial charge in [-0.05, 0) is 42.5 Å². The Bertz CT molecular complexity index is 1080. The molecule has 0 aliphatic carbocycles. The number of hydrogen-bond donors (Lipinski definition) is 0. The Labute approximate surface area is 138 Å². The summed E-state index contributed by atoms with van der Waals surface area (Å²) in [6.07, 6.45) is 0. The maximum atomic E-state index is 11.8. The zero-order chi connectivity index (χ0) is 15.3. The van der Waals surface area contributed by atoms with Gasteiger partial charge in [0.15, 0.2) is 0 Å². The van der Waals surface area contributed by atoms with Crippen molar-refractivity contribution in [3.05, 3.63) is 68.4 Å². The van der Waals surface area contributed by atoms with Crippen molar-refractivity contribution in [2.45, 2.75) is 0 Å². The molecule has 0 unspecified atom stereocenters. The van der Waals surface area contributed by atoms with Crippen molar-refractivity contribution in [1.82, 2.24) is 0 Å². The van der Waals surface area contributed by atoms with Gasteiger partial charge in [-0.1, -0.05) is 27.5 Å². The molecule has 0 saturated heterocycles. The fourth-order valence-electron chi connectivity index (χ4n) is 2.49. The Morgan fingerprint density at radius 1 is 0.909 bits per heavy atom. The Kier molecular flexibility index (Phi) is 3.10. The fourth-order valence-corrected chi connectivity index (χ4v) is 3.04. The van der Waals surface area contributed by atoms with Crippen LogP contribution in [0.2, 0.25) is 5.02 Å². The van der Waals surface area contributed by atoms with Crippen LogP contribution in [0.1, 0.15) is 0 Å². The van der Waals surface area contributed by atoms with Gasteiger partial charge in [-0.25, -0.2) is 4.79 Å². The van der Waals surface area contributed by atoms with Gasteiger partial charge in [-0.15, -0.1) is 0 Å². The van der Waals surface area contributed by atoms with Crippen molar-refractivity contribution in [3.63, 3.8) is 0 Å². The summed E-state index contributed by atoms with van der Waals surface area (Å²) in [5, 5.41) is 2.26. The van der Waals surface area contributed by atoms with Crippen molar-refractivity contribution >= 4 is 49.5 Å². The lowest BCUT2D eigenvalue weighted by molar-refractivity contribution is 0.559. The van der Waals surface area contributed by atoms with E-state index in [4.69, 9.17) is 20.4 Å². The van der Waals surface area contributed by atoms with Crippen LogP contribution < -0.4 is 5.63 Å². The molecular weight excluding hydrogens is 368 g/mol. The first-order valence-electron chi connectivity index (χ1n) is 6.53. The molecule has 108 valence electrons. The van der Waals surface area contributed by atoms with Crippen molar-refractivity contribution < 1.29 is 8.83 Å². The molecule has 0 fully saturated rings. The number of furan rings is 1. The second-order valence-corrected chi connectivity index (χ2v) is 6.26. The van der Waals surface area contributed by atoms with Crippen molar-refractivity contribution in [2.75, 3.05) is 0 Å². The maximum Gasteiger partial charge on any atom is 0.336 e. The fraction of sp³-hybridized carbons (Fsp3) is 0. The molecule has 0 bridgehead atoms. The molecule has 2 aromatic carbocycles. The molecule has 0 atom stereocenters. The van der Waals surface area contributed by atoms with E-state index in [1.807, 2.05) is 24.3 Å². The summed E-state index contributed by atoms with van der Waals surface area (Å²) in [7, 11) is 0. The van der Waals surface area contributed by atoms with E-state index in [0.717, 1.165) is 20.8 Å². The first kappa shape index (κ1) is 13.6. The smallest absolute Gasteiger partial charge is 0.336 e. The molecule has 4 rings (SSSR count). The Morgan fingerprint density at radius 3 is 2.59 bits per heavy atom. The predicted octanol–water partition coefficient (Wildman–Crippen LogP) is 5.62. The van der Waals surface area contributed by atoms with Crippen LogP contribution >= 0.6 is 27.5 Å². The lowest BCUT2D eigenvalue weighted by Gasteiger charge is -2.02. The monoisotopic (exact) mass is 374 g/mol. The van der Waals surface area contributed by atoms with E-state index in [9.17, 15) is 4.79 Å². The van der Waals surface area contributed by atoms with Crippen LogP contribution in [-0.2, 0) is 0 Å². The lowest BCUT2D eigenvalue weighted by Crippen LogP contribution is -1.97. The lowest BCUT2D eigenvalue weighted by atomic mass is 10.1. The van der Waals surface area contributed by atoms with Crippen LogP contribution in [0.4, 0.5) is 0 Å². The van der Waals surface area contributed by atoms with E-state index >= 15 is 0 Å². The van der Waals surface area contributed by atoms with Crippen molar-refractivity contribution in [3.8, 4) is 11.3 Å². The highest BCUT2D eigenvalue weighted by atomic mass is 79.9. The number of benzene rings is 2. The summed E-state index contributed by atoms with van der Waals surface area (Å²) < 4.78 is 12.0. The van der Waals surface area contributed by atoms with Crippen LogP contribution in [0.3, 0.4) is 0 Å². The van der Waals surface area contributed by atoms with Crippen LogP contribution in [0, 0.1) is 0 Å². The first-order chi connectivity index (χ1) is 10.6.